The number of carbonyl (C=O) groups excluding carboxylic acids is 1. The highest BCUT2D eigenvalue weighted by molar-refractivity contribution is 6.01. The summed E-state index contributed by atoms with van der Waals surface area (Å²) in [5, 5.41) is 2.69. The van der Waals surface area contributed by atoms with Crippen molar-refractivity contribution < 1.29 is 4.79 Å². The fourth-order valence-corrected chi connectivity index (χ4v) is 1.54. The van der Waals surface area contributed by atoms with Crippen LogP contribution in [0.1, 0.15) is 11.1 Å². The number of rotatable bonds is 3. The molecule has 0 saturated heterocycles. The van der Waals surface area contributed by atoms with Crippen molar-refractivity contribution in [1.82, 2.24) is 4.98 Å². The van der Waals surface area contributed by atoms with E-state index < -0.39 is 0 Å². The number of carbonyl (C=O) groups is 1. The first-order valence-corrected chi connectivity index (χ1v) is 5.91. The van der Waals surface area contributed by atoms with Gasteiger partial charge in [0.1, 0.15) is 5.82 Å². The zero-order chi connectivity index (χ0) is 13.7. The lowest BCUT2D eigenvalue weighted by atomic mass is 10.2. The van der Waals surface area contributed by atoms with Crippen LogP contribution in [0, 0.1) is 6.92 Å². The van der Waals surface area contributed by atoms with Crippen LogP contribution in [-0.2, 0) is 4.79 Å². The van der Waals surface area contributed by atoms with Crippen molar-refractivity contribution in [1.29, 1.82) is 0 Å². The lowest BCUT2D eigenvalue weighted by Gasteiger charge is -2.01. The first-order chi connectivity index (χ1) is 9.13. The maximum absolute atomic E-state index is 11.7. The molecular weight excluding hydrogens is 238 g/mol. The van der Waals surface area contributed by atoms with Crippen LogP contribution in [0.4, 0.5) is 11.5 Å². The van der Waals surface area contributed by atoms with Gasteiger partial charge in [-0.25, -0.2) is 4.98 Å². The number of nitrogens with two attached hydrogens (primary N) is 1. The predicted octanol–water partition coefficient (Wildman–Crippen LogP) is 2.62. The minimum atomic E-state index is -0.223. The Bertz CT molecular complexity index is 603. The molecule has 1 amide bonds. The first kappa shape index (κ1) is 12.8. The maximum Gasteiger partial charge on any atom is 0.249 e. The Morgan fingerprint density at radius 2 is 2.16 bits per heavy atom. The third-order valence-electron chi connectivity index (χ3n) is 2.50. The molecule has 96 valence electrons. The molecule has 2 rings (SSSR count). The standard InChI is InChI=1S/C15H15N3O/c1-11-5-7-14(17-10-11)18-15(19)8-6-12-3-2-4-13(16)9-12/h2-10H,16H2,1H3,(H,17,18,19)/b8-6+. The van der Waals surface area contributed by atoms with E-state index in [0.717, 1.165) is 11.1 Å². The van der Waals surface area contributed by atoms with E-state index in [1.54, 1.807) is 30.5 Å². The van der Waals surface area contributed by atoms with Crippen LogP contribution in [0.2, 0.25) is 0 Å². The van der Waals surface area contributed by atoms with Crippen molar-refractivity contribution in [2.75, 3.05) is 11.1 Å². The molecule has 0 fully saturated rings. The van der Waals surface area contributed by atoms with Gasteiger partial charge in [0.05, 0.1) is 0 Å². The summed E-state index contributed by atoms with van der Waals surface area (Å²) in [7, 11) is 0. The number of nitrogen functional groups attached to an aromatic ring is 1. The zero-order valence-electron chi connectivity index (χ0n) is 10.6. The number of aryl methyl sites for hydroxylation is 1. The molecule has 0 aliphatic heterocycles. The van der Waals surface area contributed by atoms with E-state index in [2.05, 4.69) is 10.3 Å². The van der Waals surface area contributed by atoms with Crippen molar-refractivity contribution >= 4 is 23.5 Å². The Kier molecular flexibility index (Phi) is 3.93. The van der Waals surface area contributed by atoms with Crippen molar-refractivity contribution in [2.24, 2.45) is 0 Å². The molecule has 4 heteroatoms. The van der Waals surface area contributed by atoms with Gasteiger partial charge in [0.15, 0.2) is 0 Å². The molecular formula is C15H15N3O. The summed E-state index contributed by atoms with van der Waals surface area (Å²) in [6, 6.07) is 11.0. The molecule has 0 bridgehead atoms. The molecule has 0 radical (unpaired) electrons. The minimum absolute atomic E-state index is 0.223. The van der Waals surface area contributed by atoms with E-state index in [1.165, 1.54) is 6.08 Å². The zero-order valence-corrected chi connectivity index (χ0v) is 10.6. The van der Waals surface area contributed by atoms with Crippen molar-refractivity contribution in [3.8, 4) is 0 Å². The molecule has 1 heterocycles. The number of benzene rings is 1. The van der Waals surface area contributed by atoms with Crippen molar-refractivity contribution in [3.63, 3.8) is 0 Å². The molecule has 3 N–H and O–H groups in total. The summed E-state index contributed by atoms with van der Waals surface area (Å²) in [5.74, 6) is 0.312. The number of hydrogen-bond donors (Lipinski definition) is 2. The topological polar surface area (TPSA) is 68.0 Å². The van der Waals surface area contributed by atoms with Gasteiger partial charge in [-0.1, -0.05) is 18.2 Å². The molecule has 0 aliphatic carbocycles. The third-order valence-corrected chi connectivity index (χ3v) is 2.50. The third kappa shape index (κ3) is 3.96. The molecule has 1 aromatic carbocycles. The predicted molar refractivity (Wildman–Crippen MR) is 77.5 cm³/mol. The Morgan fingerprint density at radius 1 is 1.32 bits per heavy atom. The molecule has 0 spiro atoms. The molecule has 0 aliphatic rings. The average molecular weight is 253 g/mol. The normalized spacial score (nSPS) is 10.6. The number of hydrogen-bond acceptors (Lipinski definition) is 3. The van der Waals surface area contributed by atoms with E-state index in [4.69, 9.17) is 5.73 Å². The summed E-state index contributed by atoms with van der Waals surface area (Å²) in [6.07, 6.45) is 4.87. The number of anilines is 2. The van der Waals surface area contributed by atoms with Gasteiger partial charge in [-0.15, -0.1) is 0 Å². The van der Waals surface area contributed by atoms with E-state index in [0.29, 0.717) is 11.5 Å². The summed E-state index contributed by atoms with van der Waals surface area (Å²) >= 11 is 0. The van der Waals surface area contributed by atoms with Crippen LogP contribution in [-0.4, -0.2) is 10.9 Å². The van der Waals surface area contributed by atoms with Gasteiger partial charge in [0.25, 0.3) is 0 Å². The summed E-state index contributed by atoms with van der Waals surface area (Å²) in [5.41, 5.74) is 8.26. The van der Waals surface area contributed by atoms with E-state index >= 15 is 0 Å². The largest absolute Gasteiger partial charge is 0.399 e. The highest BCUT2D eigenvalue weighted by Gasteiger charge is 1.98. The summed E-state index contributed by atoms with van der Waals surface area (Å²) < 4.78 is 0. The van der Waals surface area contributed by atoms with Crippen molar-refractivity contribution in [2.45, 2.75) is 6.92 Å². The quantitative estimate of drug-likeness (QED) is 0.652. The Labute approximate surface area is 112 Å². The number of nitrogens with one attached hydrogen (secondary N) is 1. The van der Waals surface area contributed by atoms with Gasteiger partial charge in [0, 0.05) is 18.0 Å². The smallest absolute Gasteiger partial charge is 0.249 e. The van der Waals surface area contributed by atoms with E-state index in [-0.39, 0.29) is 5.91 Å². The molecule has 2 aromatic rings. The second-order valence-electron chi connectivity index (χ2n) is 4.21. The van der Waals surface area contributed by atoms with Crippen molar-refractivity contribution in [3.05, 3.63) is 59.8 Å². The molecule has 0 saturated carbocycles. The van der Waals surface area contributed by atoms with Gasteiger partial charge in [-0.05, 0) is 42.3 Å². The fourth-order valence-electron chi connectivity index (χ4n) is 1.54. The second-order valence-corrected chi connectivity index (χ2v) is 4.21. The van der Waals surface area contributed by atoms with Gasteiger partial charge in [-0.3, -0.25) is 4.79 Å². The first-order valence-electron chi connectivity index (χ1n) is 5.91. The van der Waals surface area contributed by atoms with Crippen LogP contribution >= 0.6 is 0 Å². The van der Waals surface area contributed by atoms with Gasteiger partial charge >= 0.3 is 0 Å². The van der Waals surface area contributed by atoms with Crippen LogP contribution in [0.5, 0.6) is 0 Å². The van der Waals surface area contributed by atoms with Gasteiger partial charge < -0.3 is 11.1 Å². The molecule has 19 heavy (non-hydrogen) atoms. The highest BCUT2D eigenvalue weighted by Crippen LogP contribution is 2.08. The number of nitrogens with zero attached hydrogens (tertiary/aromatic N) is 1. The summed E-state index contributed by atoms with van der Waals surface area (Å²) in [6.45, 7) is 1.94. The number of aromatic nitrogens is 1. The van der Waals surface area contributed by atoms with Gasteiger partial charge in [-0.2, -0.15) is 0 Å². The second kappa shape index (κ2) is 5.82. The average Bonchev–Trinajstić information content (AvgIpc) is 2.39. The lowest BCUT2D eigenvalue weighted by molar-refractivity contribution is -0.111. The minimum Gasteiger partial charge on any atom is -0.399 e. The SMILES string of the molecule is Cc1ccc(NC(=O)/C=C/c2cccc(N)c2)nc1. The molecule has 0 unspecified atom stereocenters. The maximum atomic E-state index is 11.7. The van der Waals surface area contributed by atoms with Crippen LogP contribution in [0.3, 0.4) is 0 Å². The Hall–Kier alpha value is -2.62. The summed E-state index contributed by atoms with van der Waals surface area (Å²) in [4.78, 5) is 15.8. The molecule has 1 aromatic heterocycles. The van der Waals surface area contributed by atoms with E-state index in [9.17, 15) is 4.79 Å². The van der Waals surface area contributed by atoms with Crippen LogP contribution in [0.15, 0.2) is 48.7 Å². The fraction of sp³-hybridized carbons (Fsp3) is 0.0667. The van der Waals surface area contributed by atoms with Crippen LogP contribution in [0.25, 0.3) is 6.08 Å². The number of pyridine rings is 1. The van der Waals surface area contributed by atoms with Crippen LogP contribution < -0.4 is 11.1 Å². The van der Waals surface area contributed by atoms with Gasteiger partial charge in [0.2, 0.25) is 5.91 Å². The Balaban J connectivity index is 1.99. The lowest BCUT2D eigenvalue weighted by Crippen LogP contribution is -2.08. The monoisotopic (exact) mass is 253 g/mol. The number of amides is 1. The van der Waals surface area contributed by atoms with E-state index in [1.807, 2.05) is 25.1 Å². The Morgan fingerprint density at radius 3 is 2.84 bits per heavy atom. The highest BCUT2D eigenvalue weighted by atomic mass is 16.1. The molecule has 0 atom stereocenters. The molecule has 4 nitrogen and oxygen atoms in total.